The fraction of sp³-hybridized carbons (Fsp3) is 0.550. The quantitative estimate of drug-likeness (QED) is 0.651. The molecular formula is C20H29N3O6S. The summed E-state index contributed by atoms with van der Waals surface area (Å²) in [6.45, 7) is 8.37. The van der Waals surface area contributed by atoms with Gasteiger partial charge in [0.1, 0.15) is 0 Å². The van der Waals surface area contributed by atoms with Crippen LogP contribution in [0.25, 0.3) is 0 Å². The number of nitrogens with one attached hydrogen (secondary N) is 2. The molecule has 0 bridgehead atoms. The average Bonchev–Trinajstić information content (AvgIpc) is 2.67. The monoisotopic (exact) mass is 439 g/mol. The lowest BCUT2D eigenvalue weighted by Crippen LogP contribution is -2.44. The normalized spacial score (nSPS) is 20.8. The molecule has 1 aliphatic heterocycles. The molecule has 30 heavy (non-hydrogen) atoms. The van der Waals surface area contributed by atoms with Gasteiger partial charge >= 0.3 is 12.0 Å². The van der Waals surface area contributed by atoms with Crippen molar-refractivity contribution in [3.63, 3.8) is 0 Å². The van der Waals surface area contributed by atoms with Crippen LogP contribution in [0.3, 0.4) is 0 Å². The van der Waals surface area contributed by atoms with Crippen LogP contribution < -0.4 is 10.6 Å². The zero-order chi connectivity index (χ0) is 22.5. The Kier molecular flexibility index (Phi) is 7.96. The summed E-state index contributed by atoms with van der Waals surface area (Å²) in [5.74, 6) is -0.991. The Labute approximate surface area is 177 Å². The molecule has 2 rings (SSSR count). The summed E-state index contributed by atoms with van der Waals surface area (Å²) in [7, 11) is -3.65. The molecule has 1 aromatic rings. The van der Waals surface area contributed by atoms with E-state index in [0.29, 0.717) is 19.6 Å². The highest BCUT2D eigenvalue weighted by molar-refractivity contribution is 7.89. The van der Waals surface area contributed by atoms with Gasteiger partial charge in [0.25, 0.3) is 5.91 Å². The standard InChI is InChI=1S/C20H29N3O6S/c1-5-21-20(26)22-18(24)15(4)29-19(25)16-6-8-17(9-7-16)30(27,28)23-11-13(2)10-14(3)12-23/h6-9,13-15H,5,10-12H2,1-4H3,(H2,21,22,24,26). The van der Waals surface area contributed by atoms with Crippen molar-refractivity contribution < 1.29 is 27.5 Å². The van der Waals surface area contributed by atoms with Crippen molar-refractivity contribution in [3.05, 3.63) is 29.8 Å². The molecule has 2 N–H and O–H groups in total. The van der Waals surface area contributed by atoms with Gasteiger partial charge in [0.05, 0.1) is 10.5 Å². The van der Waals surface area contributed by atoms with Crippen molar-refractivity contribution in [2.75, 3.05) is 19.6 Å². The smallest absolute Gasteiger partial charge is 0.338 e. The van der Waals surface area contributed by atoms with Gasteiger partial charge in [0, 0.05) is 19.6 Å². The van der Waals surface area contributed by atoms with E-state index in [1.807, 2.05) is 13.8 Å². The highest BCUT2D eigenvalue weighted by Crippen LogP contribution is 2.26. The highest BCUT2D eigenvalue weighted by Gasteiger charge is 2.31. The van der Waals surface area contributed by atoms with Gasteiger partial charge in [-0.05, 0) is 56.4 Å². The number of esters is 1. The number of carbonyl (C=O) groups is 3. The van der Waals surface area contributed by atoms with Gasteiger partial charge in [-0.1, -0.05) is 13.8 Å². The van der Waals surface area contributed by atoms with Crippen molar-refractivity contribution in [1.82, 2.24) is 14.9 Å². The van der Waals surface area contributed by atoms with E-state index in [1.54, 1.807) is 6.92 Å². The molecule has 166 valence electrons. The van der Waals surface area contributed by atoms with Crippen LogP contribution in [-0.4, -0.2) is 56.4 Å². The number of urea groups is 1. The first-order valence-corrected chi connectivity index (χ1v) is 11.4. The first-order chi connectivity index (χ1) is 14.0. The maximum atomic E-state index is 12.9. The number of sulfonamides is 1. The Morgan fingerprint density at radius 1 is 1.13 bits per heavy atom. The number of piperidine rings is 1. The van der Waals surface area contributed by atoms with Crippen molar-refractivity contribution in [2.24, 2.45) is 11.8 Å². The third-order valence-electron chi connectivity index (χ3n) is 4.79. The van der Waals surface area contributed by atoms with Crippen LogP contribution in [0.2, 0.25) is 0 Å². The lowest BCUT2D eigenvalue weighted by Gasteiger charge is -2.34. The average molecular weight is 440 g/mol. The summed E-state index contributed by atoms with van der Waals surface area (Å²) in [6, 6.07) is 4.73. The number of nitrogens with zero attached hydrogens (tertiary/aromatic N) is 1. The first kappa shape index (κ1) is 23.8. The molecule has 3 amide bonds. The number of carbonyl (C=O) groups excluding carboxylic acids is 3. The van der Waals surface area contributed by atoms with Crippen molar-refractivity contribution in [2.45, 2.75) is 45.1 Å². The largest absolute Gasteiger partial charge is 0.449 e. The Hall–Kier alpha value is -2.46. The lowest BCUT2D eigenvalue weighted by atomic mass is 9.94. The van der Waals surface area contributed by atoms with Crippen LogP contribution in [0, 0.1) is 11.8 Å². The van der Waals surface area contributed by atoms with Crippen LogP contribution in [0.4, 0.5) is 4.79 Å². The zero-order valence-corrected chi connectivity index (χ0v) is 18.5. The number of benzene rings is 1. The van der Waals surface area contributed by atoms with Gasteiger partial charge in [-0.25, -0.2) is 18.0 Å². The molecule has 0 spiro atoms. The minimum Gasteiger partial charge on any atom is -0.449 e. The van der Waals surface area contributed by atoms with E-state index >= 15 is 0 Å². The van der Waals surface area contributed by atoms with E-state index in [1.165, 1.54) is 35.5 Å². The molecule has 3 atom stereocenters. The molecule has 10 heteroatoms. The molecule has 1 fully saturated rings. The van der Waals surface area contributed by atoms with Crippen LogP contribution >= 0.6 is 0 Å². The number of amides is 3. The van der Waals surface area contributed by atoms with Crippen molar-refractivity contribution in [3.8, 4) is 0 Å². The first-order valence-electron chi connectivity index (χ1n) is 9.94. The number of imide groups is 1. The van der Waals surface area contributed by atoms with E-state index in [9.17, 15) is 22.8 Å². The summed E-state index contributed by atoms with van der Waals surface area (Å²) < 4.78 is 32.3. The minimum absolute atomic E-state index is 0.0994. The van der Waals surface area contributed by atoms with Crippen LogP contribution in [0.15, 0.2) is 29.2 Å². The van der Waals surface area contributed by atoms with E-state index in [-0.39, 0.29) is 22.3 Å². The van der Waals surface area contributed by atoms with Gasteiger partial charge in [-0.15, -0.1) is 0 Å². The highest BCUT2D eigenvalue weighted by atomic mass is 32.2. The Bertz CT molecular complexity index is 874. The number of hydrogen-bond acceptors (Lipinski definition) is 6. The molecule has 0 radical (unpaired) electrons. The second-order valence-corrected chi connectivity index (χ2v) is 9.63. The molecular weight excluding hydrogens is 410 g/mol. The van der Waals surface area contributed by atoms with Crippen LogP contribution in [-0.2, 0) is 19.6 Å². The van der Waals surface area contributed by atoms with E-state index in [2.05, 4.69) is 10.6 Å². The Morgan fingerprint density at radius 2 is 1.70 bits per heavy atom. The predicted molar refractivity (Wildman–Crippen MR) is 110 cm³/mol. The number of ether oxygens (including phenoxy) is 1. The van der Waals surface area contributed by atoms with Crippen LogP contribution in [0.5, 0.6) is 0 Å². The third kappa shape index (κ3) is 6.02. The SMILES string of the molecule is CCNC(=O)NC(=O)C(C)OC(=O)c1ccc(S(=O)(=O)N2CC(C)CC(C)C2)cc1. The molecule has 1 heterocycles. The van der Waals surface area contributed by atoms with Crippen LogP contribution in [0.1, 0.15) is 44.5 Å². The maximum absolute atomic E-state index is 12.9. The Morgan fingerprint density at radius 3 is 2.23 bits per heavy atom. The number of hydrogen-bond donors (Lipinski definition) is 2. The van der Waals surface area contributed by atoms with Gasteiger partial charge < -0.3 is 10.1 Å². The van der Waals surface area contributed by atoms with E-state index < -0.39 is 34.0 Å². The summed E-state index contributed by atoms with van der Waals surface area (Å²) in [5, 5.41) is 4.46. The molecule has 0 aromatic heterocycles. The second kappa shape index (κ2) is 10.0. The summed E-state index contributed by atoms with van der Waals surface area (Å²) in [6.07, 6.45) is -0.206. The fourth-order valence-electron chi connectivity index (χ4n) is 3.41. The molecule has 0 aliphatic carbocycles. The van der Waals surface area contributed by atoms with Gasteiger partial charge in [-0.2, -0.15) is 4.31 Å². The maximum Gasteiger partial charge on any atom is 0.338 e. The minimum atomic E-state index is -3.65. The van der Waals surface area contributed by atoms with Gasteiger partial charge in [0.2, 0.25) is 10.0 Å². The van der Waals surface area contributed by atoms with Gasteiger partial charge in [0.15, 0.2) is 6.10 Å². The molecule has 1 aromatic carbocycles. The molecule has 3 unspecified atom stereocenters. The Balaban J connectivity index is 2.03. The topological polar surface area (TPSA) is 122 Å². The number of rotatable bonds is 6. The fourth-order valence-corrected chi connectivity index (χ4v) is 5.09. The molecule has 1 saturated heterocycles. The van der Waals surface area contributed by atoms with Gasteiger partial charge in [-0.3, -0.25) is 10.1 Å². The van der Waals surface area contributed by atoms with E-state index in [0.717, 1.165) is 6.42 Å². The third-order valence-corrected chi connectivity index (χ3v) is 6.64. The molecule has 0 saturated carbocycles. The second-order valence-electron chi connectivity index (χ2n) is 7.69. The summed E-state index contributed by atoms with van der Waals surface area (Å²) in [4.78, 5) is 35.6. The zero-order valence-electron chi connectivity index (χ0n) is 17.7. The molecule has 9 nitrogen and oxygen atoms in total. The van der Waals surface area contributed by atoms with E-state index in [4.69, 9.17) is 4.74 Å². The summed E-state index contributed by atoms with van der Waals surface area (Å²) >= 11 is 0. The van der Waals surface area contributed by atoms with Crippen molar-refractivity contribution in [1.29, 1.82) is 0 Å². The lowest BCUT2D eigenvalue weighted by molar-refractivity contribution is -0.127. The predicted octanol–water partition coefficient (Wildman–Crippen LogP) is 1.74. The summed E-state index contributed by atoms with van der Waals surface area (Å²) in [5.41, 5.74) is 0.104. The van der Waals surface area contributed by atoms with Crippen molar-refractivity contribution >= 4 is 27.9 Å². The molecule has 1 aliphatic rings.